The molecule has 2 aromatic rings. The summed E-state index contributed by atoms with van der Waals surface area (Å²) in [4.78, 5) is 14.7. The van der Waals surface area contributed by atoms with E-state index in [0.717, 1.165) is 0 Å². The fourth-order valence-corrected chi connectivity index (χ4v) is 2.88. The maximum Gasteiger partial charge on any atom is 0.280 e. The molecule has 0 saturated carbocycles. The average Bonchev–Trinajstić information content (AvgIpc) is 2.72. The third kappa shape index (κ3) is 2.33. The largest absolute Gasteiger partial charge is 0.296 e. The summed E-state index contributed by atoms with van der Waals surface area (Å²) in [5.74, 6) is 0. The van der Waals surface area contributed by atoms with Crippen molar-refractivity contribution in [1.29, 1.82) is 0 Å². The van der Waals surface area contributed by atoms with Crippen LogP contribution in [0.1, 0.15) is 10.5 Å². The van der Waals surface area contributed by atoms with Gasteiger partial charge in [-0.05, 0) is 28.1 Å². The third-order valence-electron chi connectivity index (χ3n) is 2.22. The minimum Gasteiger partial charge on any atom is -0.296 e. The van der Waals surface area contributed by atoms with E-state index in [-0.39, 0.29) is 5.69 Å². The monoisotopic (exact) mass is 348 g/mol. The molecule has 0 aliphatic heterocycles. The number of imidazole rings is 1. The first-order valence-corrected chi connectivity index (χ1v) is 7.77. The van der Waals surface area contributed by atoms with Crippen molar-refractivity contribution in [3.8, 4) is 5.69 Å². The second kappa shape index (κ2) is 4.83. The number of nitrogens with zero attached hydrogens (tertiary/aromatic N) is 2. The molecule has 18 heavy (non-hydrogen) atoms. The zero-order valence-electron chi connectivity index (χ0n) is 8.75. The molecule has 0 aliphatic rings. The predicted molar refractivity (Wildman–Crippen MR) is 69.7 cm³/mol. The molecule has 8 heteroatoms. The Hall–Kier alpha value is -1.18. The third-order valence-corrected chi connectivity index (χ3v) is 4.11. The van der Waals surface area contributed by atoms with Crippen molar-refractivity contribution in [2.75, 3.05) is 0 Å². The first kappa shape index (κ1) is 13.3. The van der Waals surface area contributed by atoms with E-state index in [1.807, 2.05) is 0 Å². The number of aldehydes is 1. The van der Waals surface area contributed by atoms with Crippen LogP contribution in [0.15, 0.2) is 40.1 Å². The van der Waals surface area contributed by atoms with Gasteiger partial charge in [-0.3, -0.25) is 9.36 Å². The van der Waals surface area contributed by atoms with Crippen LogP contribution < -0.4 is 0 Å². The Labute approximate surface area is 116 Å². The van der Waals surface area contributed by atoms with Crippen molar-refractivity contribution in [1.82, 2.24) is 9.55 Å². The van der Waals surface area contributed by atoms with Gasteiger partial charge in [-0.15, -0.1) is 0 Å². The molecule has 0 amide bonds. The molecule has 0 spiro atoms. The summed E-state index contributed by atoms with van der Waals surface area (Å²) in [6, 6.07) is 7.02. The molecule has 0 radical (unpaired) electrons. The van der Waals surface area contributed by atoms with E-state index >= 15 is 0 Å². The molecule has 1 aromatic carbocycles. The summed E-state index contributed by atoms with van der Waals surface area (Å²) in [5, 5.41) is -0.449. The zero-order chi connectivity index (χ0) is 13.3. The van der Waals surface area contributed by atoms with Crippen LogP contribution in [0.3, 0.4) is 0 Å². The highest BCUT2D eigenvalue weighted by atomic mass is 79.9. The number of benzene rings is 1. The van der Waals surface area contributed by atoms with Crippen LogP contribution in [0.5, 0.6) is 0 Å². The number of para-hydroxylation sites is 1. The molecular formula is C10H6BrClN2O3S. The lowest BCUT2D eigenvalue weighted by Gasteiger charge is -2.06. The molecular weight excluding hydrogens is 344 g/mol. The van der Waals surface area contributed by atoms with Crippen molar-refractivity contribution in [2.24, 2.45) is 0 Å². The molecule has 94 valence electrons. The summed E-state index contributed by atoms with van der Waals surface area (Å²) in [7, 11) is 1.16. The SMILES string of the molecule is O=Cc1c(S(=O)(=O)Cl)ncn1-c1ccccc1Br. The Morgan fingerprint density at radius 3 is 2.56 bits per heavy atom. The fourth-order valence-electron chi connectivity index (χ4n) is 1.48. The van der Waals surface area contributed by atoms with E-state index in [4.69, 9.17) is 10.7 Å². The van der Waals surface area contributed by atoms with E-state index in [0.29, 0.717) is 16.4 Å². The number of carbonyl (C=O) groups is 1. The minimum absolute atomic E-state index is 0.114. The van der Waals surface area contributed by atoms with Gasteiger partial charge in [0.15, 0.2) is 11.3 Å². The fraction of sp³-hybridized carbons (Fsp3) is 0. The number of rotatable bonds is 3. The van der Waals surface area contributed by atoms with Gasteiger partial charge >= 0.3 is 0 Å². The van der Waals surface area contributed by atoms with Crippen molar-refractivity contribution in [2.45, 2.75) is 5.03 Å². The van der Waals surface area contributed by atoms with E-state index in [2.05, 4.69) is 20.9 Å². The molecule has 0 unspecified atom stereocenters. The normalized spacial score (nSPS) is 11.4. The molecule has 0 aliphatic carbocycles. The number of halogens is 2. The molecule has 1 aromatic heterocycles. The highest BCUT2D eigenvalue weighted by Gasteiger charge is 2.22. The second-order valence-electron chi connectivity index (χ2n) is 3.31. The Balaban J connectivity index is 2.72. The molecule has 0 fully saturated rings. The number of carbonyl (C=O) groups excluding carboxylic acids is 1. The van der Waals surface area contributed by atoms with E-state index in [1.54, 1.807) is 24.3 Å². The summed E-state index contributed by atoms with van der Waals surface area (Å²) >= 11 is 3.31. The first-order valence-electron chi connectivity index (χ1n) is 4.67. The van der Waals surface area contributed by atoms with Crippen molar-refractivity contribution >= 4 is 41.9 Å². The van der Waals surface area contributed by atoms with Gasteiger partial charge in [-0.2, -0.15) is 0 Å². The van der Waals surface area contributed by atoms with Gasteiger partial charge in [-0.1, -0.05) is 12.1 Å². The number of hydrogen-bond donors (Lipinski definition) is 0. The van der Waals surface area contributed by atoms with E-state index < -0.39 is 14.1 Å². The standard InChI is InChI=1S/C10H6BrClN2O3S/c11-7-3-1-2-4-8(7)14-6-13-10(9(14)5-15)18(12,16)17/h1-6H. The van der Waals surface area contributed by atoms with Crippen molar-refractivity contribution in [3.05, 3.63) is 40.8 Å². The Morgan fingerprint density at radius 1 is 1.33 bits per heavy atom. The highest BCUT2D eigenvalue weighted by Crippen LogP contribution is 2.25. The first-order chi connectivity index (χ1) is 8.45. The van der Waals surface area contributed by atoms with E-state index in [9.17, 15) is 13.2 Å². The molecule has 5 nitrogen and oxygen atoms in total. The van der Waals surface area contributed by atoms with Crippen LogP contribution >= 0.6 is 26.6 Å². The lowest BCUT2D eigenvalue weighted by atomic mass is 10.3. The van der Waals surface area contributed by atoms with Crippen LogP contribution in [0.2, 0.25) is 0 Å². The van der Waals surface area contributed by atoms with Crippen LogP contribution in [0, 0.1) is 0 Å². The van der Waals surface area contributed by atoms with Crippen molar-refractivity contribution in [3.63, 3.8) is 0 Å². The average molecular weight is 350 g/mol. The van der Waals surface area contributed by atoms with Crippen LogP contribution in [-0.2, 0) is 9.05 Å². The van der Waals surface area contributed by atoms with Crippen LogP contribution in [-0.4, -0.2) is 24.3 Å². The quantitative estimate of drug-likeness (QED) is 0.630. The highest BCUT2D eigenvalue weighted by molar-refractivity contribution is 9.10. The zero-order valence-corrected chi connectivity index (χ0v) is 11.9. The topological polar surface area (TPSA) is 69.0 Å². The van der Waals surface area contributed by atoms with Gasteiger partial charge in [0.25, 0.3) is 9.05 Å². The molecule has 0 saturated heterocycles. The van der Waals surface area contributed by atoms with Gasteiger partial charge in [0, 0.05) is 15.2 Å². The predicted octanol–water partition coefficient (Wildman–Crippen LogP) is 2.37. The Bertz CT molecular complexity index is 712. The van der Waals surface area contributed by atoms with Gasteiger partial charge in [0.1, 0.15) is 12.0 Å². The summed E-state index contributed by atoms with van der Waals surface area (Å²) in [6.45, 7) is 0. The summed E-state index contributed by atoms with van der Waals surface area (Å²) < 4.78 is 24.6. The molecule has 0 atom stereocenters. The second-order valence-corrected chi connectivity index (χ2v) is 6.65. The number of aromatic nitrogens is 2. The van der Waals surface area contributed by atoms with Gasteiger partial charge < -0.3 is 0 Å². The number of hydrogen-bond acceptors (Lipinski definition) is 4. The minimum atomic E-state index is -4.05. The lowest BCUT2D eigenvalue weighted by molar-refractivity contribution is 0.111. The molecule has 0 bridgehead atoms. The molecule has 1 heterocycles. The van der Waals surface area contributed by atoms with Crippen LogP contribution in [0.4, 0.5) is 0 Å². The smallest absolute Gasteiger partial charge is 0.280 e. The van der Waals surface area contributed by atoms with Gasteiger partial charge in [0.05, 0.1) is 5.69 Å². The molecule has 2 rings (SSSR count). The Kier molecular flexibility index (Phi) is 3.56. The summed E-state index contributed by atoms with van der Waals surface area (Å²) in [6.07, 6.45) is 1.64. The Morgan fingerprint density at radius 2 is 2.00 bits per heavy atom. The van der Waals surface area contributed by atoms with E-state index in [1.165, 1.54) is 10.9 Å². The lowest BCUT2D eigenvalue weighted by Crippen LogP contribution is -2.02. The van der Waals surface area contributed by atoms with Crippen molar-refractivity contribution < 1.29 is 13.2 Å². The van der Waals surface area contributed by atoms with Gasteiger partial charge in [-0.25, -0.2) is 13.4 Å². The van der Waals surface area contributed by atoms with Crippen LogP contribution in [0.25, 0.3) is 5.69 Å². The molecule has 0 N–H and O–H groups in total. The summed E-state index contributed by atoms with van der Waals surface area (Å²) in [5.41, 5.74) is 0.482. The maximum absolute atomic E-state index is 11.3. The van der Waals surface area contributed by atoms with Gasteiger partial charge in [0.2, 0.25) is 0 Å². The maximum atomic E-state index is 11.3.